The van der Waals surface area contributed by atoms with Gasteiger partial charge in [-0.2, -0.15) is 0 Å². The summed E-state index contributed by atoms with van der Waals surface area (Å²) in [4.78, 5) is 26.5. The second-order valence-corrected chi connectivity index (χ2v) is 6.11. The van der Waals surface area contributed by atoms with Crippen LogP contribution in [-0.2, 0) is 4.79 Å². The van der Waals surface area contributed by atoms with Gasteiger partial charge in [-0.25, -0.2) is 0 Å². The third-order valence-electron chi connectivity index (χ3n) is 4.51. The standard InChI is InChI=1S/C19H28N2O3/c1-3-21-13-5-6-16(21)14-20-19(23)12-11-18(22)15-7-9-17(10-8-15)24-4-2/h7-10,16H,3-6,11-14H2,1-2H3,(H,20,23). The number of benzene rings is 1. The SMILES string of the molecule is CCOc1ccc(C(=O)CCC(=O)NCC2CCCN2CC)cc1. The Kier molecular flexibility index (Phi) is 7.25. The molecule has 0 radical (unpaired) electrons. The van der Waals surface area contributed by atoms with Crippen molar-refractivity contribution in [2.24, 2.45) is 0 Å². The van der Waals surface area contributed by atoms with Crippen molar-refractivity contribution < 1.29 is 14.3 Å². The zero-order chi connectivity index (χ0) is 17.4. The van der Waals surface area contributed by atoms with Crippen LogP contribution in [0.5, 0.6) is 5.75 Å². The number of likely N-dealkylation sites (N-methyl/N-ethyl adjacent to an activating group) is 1. The molecule has 1 saturated heterocycles. The zero-order valence-electron chi connectivity index (χ0n) is 14.7. The lowest BCUT2D eigenvalue weighted by Gasteiger charge is -2.22. The van der Waals surface area contributed by atoms with E-state index in [1.165, 1.54) is 6.42 Å². The summed E-state index contributed by atoms with van der Waals surface area (Å²) in [5.74, 6) is 0.699. The van der Waals surface area contributed by atoms with Crippen LogP contribution in [0, 0.1) is 0 Å². The molecule has 1 atom stereocenters. The molecule has 0 spiro atoms. The molecule has 24 heavy (non-hydrogen) atoms. The molecule has 0 saturated carbocycles. The summed E-state index contributed by atoms with van der Waals surface area (Å²) >= 11 is 0. The van der Waals surface area contributed by atoms with Crippen molar-refractivity contribution in [3.05, 3.63) is 29.8 Å². The number of ketones is 1. The molecular weight excluding hydrogens is 304 g/mol. The minimum absolute atomic E-state index is 0.00995. The van der Waals surface area contributed by atoms with Gasteiger partial charge in [-0.3, -0.25) is 14.5 Å². The van der Waals surface area contributed by atoms with Crippen LogP contribution in [0.25, 0.3) is 0 Å². The van der Waals surface area contributed by atoms with Gasteiger partial charge in [-0.1, -0.05) is 6.92 Å². The first kappa shape index (κ1) is 18.5. The summed E-state index contributed by atoms with van der Waals surface area (Å²) in [6.45, 7) is 7.50. The molecule has 1 aliphatic heterocycles. The van der Waals surface area contributed by atoms with Crippen LogP contribution >= 0.6 is 0 Å². The molecule has 2 rings (SSSR count). The Labute approximate surface area is 144 Å². The van der Waals surface area contributed by atoms with E-state index < -0.39 is 0 Å². The van der Waals surface area contributed by atoms with Gasteiger partial charge >= 0.3 is 0 Å². The molecule has 0 aromatic heterocycles. The van der Waals surface area contributed by atoms with E-state index >= 15 is 0 Å². The van der Waals surface area contributed by atoms with E-state index in [9.17, 15) is 9.59 Å². The van der Waals surface area contributed by atoms with E-state index in [4.69, 9.17) is 4.74 Å². The second-order valence-electron chi connectivity index (χ2n) is 6.11. The number of amides is 1. The maximum Gasteiger partial charge on any atom is 0.220 e. The molecule has 1 fully saturated rings. The van der Waals surface area contributed by atoms with Gasteiger partial charge in [0.1, 0.15) is 5.75 Å². The van der Waals surface area contributed by atoms with Gasteiger partial charge in [0.25, 0.3) is 0 Å². The number of hydrogen-bond acceptors (Lipinski definition) is 4. The predicted molar refractivity (Wildman–Crippen MR) is 94.5 cm³/mol. The van der Waals surface area contributed by atoms with Gasteiger partial charge < -0.3 is 10.1 Å². The molecule has 5 heteroatoms. The fraction of sp³-hybridized carbons (Fsp3) is 0.579. The van der Waals surface area contributed by atoms with Crippen molar-refractivity contribution in [3.63, 3.8) is 0 Å². The fourth-order valence-electron chi connectivity index (χ4n) is 3.14. The number of Topliss-reactive ketones (excluding diaryl/α,β-unsaturated/α-hetero) is 1. The minimum atomic E-state index is -0.0442. The Morgan fingerprint density at radius 2 is 1.96 bits per heavy atom. The first-order valence-electron chi connectivity index (χ1n) is 8.90. The van der Waals surface area contributed by atoms with E-state index in [1.807, 2.05) is 6.92 Å². The molecule has 1 N–H and O–H groups in total. The van der Waals surface area contributed by atoms with Crippen molar-refractivity contribution in [1.29, 1.82) is 0 Å². The van der Waals surface area contributed by atoms with Gasteiger partial charge in [-0.05, 0) is 57.1 Å². The second kappa shape index (κ2) is 9.42. The van der Waals surface area contributed by atoms with E-state index in [2.05, 4.69) is 17.1 Å². The van der Waals surface area contributed by atoms with Crippen LogP contribution in [0.1, 0.15) is 49.9 Å². The highest BCUT2D eigenvalue weighted by atomic mass is 16.5. The molecule has 132 valence electrons. The summed E-state index contributed by atoms with van der Waals surface area (Å²) in [5, 5.41) is 2.97. The number of likely N-dealkylation sites (tertiary alicyclic amines) is 1. The first-order valence-corrected chi connectivity index (χ1v) is 8.90. The van der Waals surface area contributed by atoms with Crippen molar-refractivity contribution >= 4 is 11.7 Å². The summed E-state index contributed by atoms with van der Waals surface area (Å²) in [7, 11) is 0. The van der Waals surface area contributed by atoms with Crippen LogP contribution < -0.4 is 10.1 Å². The number of rotatable bonds is 9. The molecule has 1 aromatic rings. The van der Waals surface area contributed by atoms with Crippen LogP contribution in [0.3, 0.4) is 0 Å². The third-order valence-corrected chi connectivity index (χ3v) is 4.51. The summed E-state index contributed by atoms with van der Waals surface area (Å²) in [5.41, 5.74) is 0.624. The lowest BCUT2D eigenvalue weighted by atomic mass is 10.1. The smallest absolute Gasteiger partial charge is 0.220 e. The Morgan fingerprint density at radius 1 is 1.21 bits per heavy atom. The maximum atomic E-state index is 12.1. The average Bonchev–Trinajstić information content (AvgIpc) is 3.06. The van der Waals surface area contributed by atoms with Gasteiger partial charge in [0.2, 0.25) is 5.91 Å². The predicted octanol–water partition coefficient (Wildman–Crippen LogP) is 2.65. The van der Waals surface area contributed by atoms with E-state index in [1.54, 1.807) is 24.3 Å². The number of nitrogens with one attached hydrogen (secondary N) is 1. The van der Waals surface area contributed by atoms with Crippen molar-refractivity contribution in [3.8, 4) is 5.75 Å². The molecule has 1 aromatic carbocycles. The maximum absolute atomic E-state index is 12.1. The monoisotopic (exact) mass is 332 g/mol. The highest BCUT2D eigenvalue weighted by Crippen LogP contribution is 2.16. The summed E-state index contributed by atoms with van der Waals surface area (Å²) < 4.78 is 5.36. The van der Waals surface area contributed by atoms with Crippen LogP contribution in [-0.4, -0.2) is 48.9 Å². The number of hydrogen-bond donors (Lipinski definition) is 1. The number of ether oxygens (including phenoxy) is 1. The molecule has 0 bridgehead atoms. The summed E-state index contributed by atoms with van der Waals surface area (Å²) in [6.07, 6.45) is 2.82. The molecule has 1 unspecified atom stereocenters. The van der Waals surface area contributed by atoms with E-state index in [-0.39, 0.29) is 24.5 Å². The van der Waals surface area contributed by atoms with Crippen molar-refractivity contribution in [1.82, 2.24) is 10.2 Å². The molecule has 5 nitrogen and oxygen atoms in total. The van der Waals surface area contributed by atoms with Crippen LogP contribution in [0.15, 0.2) is 24.3 Å². The zero-order valence-corrected chi connectivity index (χ0v) is 14.7. The quantitative estimate of drug-likeness (QED) is 0.706. The van der Waals surface area contributed by atoms with Gasteiger partial charge in [0.15, 0.2) is 5.78 Å². The van der Waals surface area contributed by atoms with Gasteiger partial charge in [0.05, 0.1) is 6.61 Å². The Morgan fingerprint density at radius 3 is 2.62 bits per heavy atom. The van der Waals surface area contributed by atoms with E-state index in [0.717, 1.165) is 25.3 Å². The molecule has 1 amide bonds. The molecular formula is C19H28N2O3. The molecule has 1 aliphatic rings. The largest absolute Gasteiger partial charge is 0.494 e. The number of carbonyl (C=O) groups is 2. The summed E-state index contributed by atoms with van der Waals surface area (Å²) in [6, 6.07) is 7.53. The third kappa shape index (κ3) is 5.34. The van der Waals surface area contributed by atoms with Crippen molar-refractivity contribution in [2.75, 3.05) is 26.2 Å². The van der Waals surface area contributed by atoms with E-state index in [0.29, 0.717) is 24.8 Å². The van der Waals surface area contributed by atoms with Gasteiger partial charge in [0, 0.05) is 31.0 Å². The first-order chi connectivity index (χ1) is 11.6. The minimum Gasteiger partial charge on any atom is -0.494 e. The highest BCUT2D eigenvalue weighted by Gasteiger charge is 2.23. The highest BCUT2D eigenvalue weighted by molar-refractivity contribution is 5.98. The van der Waals surface area contributed by atoms with Gasteiger partial charge in [-0.15, -0.1) is 0 Å². The fourth-order valence-corrected chi connectivity index (χ4v) is 3.14. The lowest BCUT2D eigenvalue weighted by molar-refractivity contribution is -0.121. The van der Waals surface area contributed by atoms with Crippen molar-refractivity contribution in [2.45, 2.75) is 45.6 Å². The average molecular weight is 332 g/mol. The van der Waals surface area contributed by atoms with Crippen LogP contribution in [0.2, 0.25) is 0 Å². The number of nitrogens with zero attached hydrogens (tertiary/aromatic N) is 1. The Balaban J connectivity index is 1.71. The molecule has 1 heterocycles. The topological polar surface area (TPSA) is 58.6 Å². The Bertz CT molecular complexity index is 542. The molecule has 0 aliphatic carbocycles. The lowest BCUT2D eigenvalue weighted by Crippen LogP contribution is -2.40. The number of carbonyl (C=O) groups excluding carboxylic acids is 2. The Hall–Kier alpha value is -1.88. The normalized spacial score (nSPS) is 17.7. The van der Waals surface area contributed by atoms with Crippen LogP contribution in [0.4, 0.5) is 0 Å².